The zero-order valence-electron chi connectivity index (χ0n) is 10.8. The van der Waals surface area contributed by atoms with Crippen LogP contribution in [0.1, 0.15) is 32.6 Å². The highest BCUT2D eigenvalue weighted by Gasteiger charge is 2.32. The molecular weight excluding hydrogens is 245 g/mol. The van der Waals surface area contributed by atoms with E-state index in [9.17, 15) is 13.2 Å². The van der Waals surface area contributed by atoms with E-state index in [-0.39, 0.29) is 6.61 Å². The normalized spacial score (nSPS) is 21.2. The van der Waals surface area contributed by atoms with E-state index in [0.29, 0.717) is 25.2 Å². The van der Waals surface area contributed by atoms with Crippen molar-refractivity contribution in [3.05, 3.63) is 0 Å². The van der Waals surface area contributed by atoms with Gasteiger partial charge in [-0.05, 0) is 45.7 Å². The van der Waals surface area contributed by atoms with E-state index in [1.807, 2.05) is 0 Å². The Kier molecular flexibility index (Phi) is 6.38. The van der Waals surface area contributed by atoms with Gasteiger partial charge in [-0.1, -0.05) is 0 Å². The molecule has 1 aliphatic heterocycles. The SMILES string of the molecule is CC(CCCO)NC1CCN(CC(F)(F)F)CC1. The molecule has 0 aromatic carbocycles. The van der Waals surface area contributed by atoms with Gasteiger partial charge in [0.1, 0.15) is 0 Å². The molecule has 1 aliphatic rings. The standard InChI is InChI=1S/C12H23F3N2O/c1-10(3-2-8-18)16-11-4-6-17(7-5-11)9-12(13,14)15/h10-11,16,18H,2-9H2,1H3. The summed E-state index contributed by atoms with van der Waals surface area (Å²) >= 11 is 0. The summed E-state index contributed by atoms with van der Waals surface area (Å²) in [6, 6.07) is 0.625. The molecule has 1 unspecified atom stereocenters. The summed E-state index contributed by atoms with van der Waals surface area (Å²) in [4.78, 5) is 1.47. The third-order valence-corrected chi connectivity index (χ3v) is 3.31. The molecule has 2 N–H and O–H groups in total. The van der Waals surface area contributed by atoms with Gasteiger partial charge >= 0.3 is 6.18 Å². The maximum absolute atomic E-state index is 12.2. The molecule has 0 saturated carbocycles. The van der Waals surface area contributed by atoms with Crippen LogP contribution in [0.3, 0.4) is 0 Å². The van der Waals surface area contributed by atoms with Crippen molar-refractivity contribution in [2.45, 2.75) is 50.9 Å². The molecule has 0 radical (unpaired) electrons. The van der Waals surface area contributed by atoms with Gasteiger partial charge in [0, 0.05) is 18.7 Å². The van der Waals surface area contributed by atoms with E-state index in [2.05, 4.69) is 12.2 Å². The molecule has 0 spiro atoms. The molecule has 18 heavy (non-hydrogen) atoms. The quantitative estimate of drug-likeness (QED) is 0.770. The van der Waals surface area contributed by atoms with Crippen molar-refractivity contribution < 1.29 is 18.3 Å². The van der Waals surface area contributed by atoms with Crippen LogP contribution in [0.25, 0.3) is 0 Å². The van der Waals surface area contributed by atoms with Crippen LogP contribution in [0.4, 0.5) is 13.2 Å². The first-order valence-corrected chi connectivity index (χ1v) is 6.56. The second kappa shape index (κ2) is 7.31. The Morgan fingerprint density at radius 1 is 1.33 bits per heavy atom. The number of likely N-dealkylation sites (tertiary alicyclic amines) is 1. The van der Waals surface area contributed by atoms with Gasteiger partial charge in [0.15, 0.2) is 0 Å². The van der Waals surface area contributed by atoms with Crippen LogP contribution < -0.4 is 5.32 Å². The Balaban J connectivity index is 2.19. The highest BCUT2D eigenvalue weighted by atomic mass is 19.4. The molecule has 0 aromatic heterocycles. The monoisotopic (exact) mass is 268 g/mol. The van der Waals surface area contributed by atoms with Crippen LogP contribution in [0.5, 0.6) is 0 Å². The number of alkyl halides is 3. The number of nitrogens with one attached hydrogen (secondary N) is 1. The van der Waals surface area contributed by atoms with Gasteiger partial charge in [0.25, 0.3) is 0 Å². The van der Waals surface area contributed by atoms with E-state index < -0.39 is 12.7 Å². The van der Waals surface area contributed by atoms with E-state index in [1.165, 1.54) is 4.90 Å². The lowest BCUT2D eigenvalue weighted by atomic mass is 10.0. The van der Waals surface area contributed by atoms with Crippen molar-refractivity contribution in [2.75, 3.05) is 26.2 Å². The number of hydrogen-bond donors (Lipinski definition) is 2. The summed E-state index contributed by atoms with van der Waals surface area (Å²) in [6.45, 7) is 2.46. The number of nitrogens with zero attached hydrogens (tertiary/aromatic N) is 1. The second-order valence-corrected chi connectivity index (χ2v) is 5.10. The van der Waals surface area contributed by atoms with E-state index in [0.717, 1.165) is 25.7 Å². The molecule has 1 saturated heterocycles. The molecule has 0 bridgehead atoms. The van der Waals surface area contributed by atoms with Crippen molar-refractivity contribution in [3.8, 4) is 0 Å². The van der Waals surface area contributed by atoms with Crippen molar-refractivity contribution >= 4 is 0 Å². The fraction of sp³-hybridized carbons (Fsp3) is 1.00. The van der Waals surface area contributed by atoms with Crippen LogP contribution >= 0.6 is 0 Å². The number of hydrogen-bond acceptors (Lipinski definition) is 3. The van der Waals surface area contributed by atoms with Gasteiger partial charge in [0.2, 0.25) is 0 Å². The molecule has 1 rings (SSSR count). The molecule has 3 nitrogen and oxygen atoms in total. The molecular formula is C12H23F3N2O. The van der Waals surface area contributed by atoms with Crippen LogP contribution in [-0.4, -0.2) is 54.5 Å². The largest absolute Gasteiger partial charge is 0.401 e. The predicted molar refractivity (Wildman–Crippen MR) is 64.4 cm³/mol. The third-order valence-electron chi connectivity index (χ3n) is 3.31. The summed E-state index contributed by atoms with van der Waals surface area (Å²) in [7, 11) is 0. The molecule has 1 heterocycles. The number of halogens is 3. The van der Waals surface area contributed by atoms with Crippen molar-refractivity contribution in [1.82, 2.24) is 10.2 Å². The number of piperidine rings is 1. The molecule has 1 fully saturated rings. The minimum absolute atomic E-state index is 0.191. The van der Waals surface area contributed by atoms with Gasteiger partial charge < -0.3 is 10.4 Å². The molecule has 108 valence electrons. The maximum Gasteiger partial charge on any atom is 0.401 e. The fourth-order valence-corrected chi connectivity index (χ4v) is 2.39. The van der Waals surface area contributed by atoms with Crippen LogP contribution in [0.15, 0.2) is 0 Å². The molecule has 6 heteroatoms. The molecule has 0 aromatic rings. The third kappa shape index (κ3) is 6.56. The zero-order chi connectivity index (χ0) is 13.6. The van der Waals surface area contributed by atoms with E-state index >= 15 is 0 Å². The first-order valence-electron chi connectivity index (χ1n) is 6.56. The zero-order valence-corrected chi connectivity index (χ0v) is 10.8. The lowest BCUT2D eigenvalue weighted by Gasteiger charge is -2.34. The lowest BCUT2D eigenvalue weighted by molar-refractivity contribution is -0.148. The summed E-state index contributed by atoms with van der Waals surface area (Å²) in [5.41, 5.74) is 0. The van der Waals surface area contributed by atoms with Gasteiger partial charge in [0.05, 0.1) is 6.54 Å². The second-order valence-electron chi connectivity index (χ2n) is 5.10. The number of rotatable bonds is 6. The Labute approximate surface area is 106 Å². The van der Waals surface area contributed by atoms with Gasteiger partial charge in [-0.2, -0.15) is 13.2 Å². The van der Waals surface area contributed by atoms with Crippen molar-refractivity contribution in [1.29, 1.82) is 0 Å². The average Bonchev–Trinajstić information content (AvgIpc) is 2.27. The minimum Gasteiger partial charge on any atom is -0.396 e. The Morgan fingerprint density at radius 3 is 2.44 bits per heavy atom. The van der Waals surface area contributed by atoms with Crippen molar-refractivity contribution in [2.24, 2.45) is 0 Å². The highest BCUT2D eigenvalue weighted by molar-refractivity contribution is 4.80. The summed E-state index contributed by atoms with van der Waals surface area (Å²) in [5.74, 6) is 0. The summed E-state index contributed by atoms with van der Waals surface area (Å²) in [5, 5.41) is 12.1. The maximum atomic E-state index is 12.2. The Morgan fingerprint density at radius 2 is 1.94 bits per heavy atom. The average molecular weight is 268 g/mol. The van der Waals surface area contributed by atoms with Gasteiger partial charge in [-0.25, -0.2) is 0 Å². The van der Waals surface area contributed by atoms with Gasteiger partial charge in [-0.3, -0.25) is 4.90 Å². The summed E-state index contributed by atoms with van der Waals surface area (Å²) in [6.07, 6.45) is -0.895. The highest BCUT2D eigenvalue weighted by Crippen LogP contribution is 2.20. The number of aliphatic hydroxyl groups is 1. The molecule has 0 aliphatic carbocycles. The van der Waals surface area contributed by atoms with Crippen LogP contribution in [-0.2, 0) is 0 Å². The Bertz CT molecular complexity index is 228. The summed E-state index contributed by atoms with van der Waals surface area (Å²) < 4.78 is 36.6. The smallest absolute Gasteiger partial charge is 0.396 e. The predicted octanol–water partition coefficient (Wildman–Crippen LogP) is 1.76. The molecule has 1 atom stereocenters. The molecule has 0 amide bonds. The van der Waals surface area contributed by atoms with Crippen LogP contribution in [0, 0.1) is 0 Å². The topological polar surface area (TPSA) is 35.5 Å². The first-order chi connectivity index (χ1) is 8.40. The van der Waals surface area contributed by atoms with Gasteiger partial charge in [-0.15, -0.1) is 0 Å². The number of aliphatic hydroxyl groups excluding tert-OH is 1. The Hall–Kier alpha value is -0.330. The van der Waals surface area contributed by atoms with E-state index in [1.54, 1.807) is 0 Å². The van der Waals surface area contributed by atoms with Crippen molar-refractivity contribution in [3.63, 3.8) is 0 Å². The van der Waals surface area contributed by atoms with E-state index in [4.69, 9.17) is 5.11 Å². The first kappa shape index (κ1) is 15.7. The van der Waals surface area contributed by atoms with Crippen LogP contribution in [0.2, 0.25) is 0 Å². The minimum atomic E-state index is -4.09. The lowest BCUT2D eigenvalue weighted by Crippen LogP contribution is -2.47. The fourth-order valence-electron chi connectivity index (χ4n) is 2.39.